The van der Waals surface area contributed by atoms with Gasteiger partial charge in [0.2, 0.25) is 5.91 Å². The van der Waals surface area contributed by atoms with E-state index in [0.717, 1.165) is 36.6 Å². The number of alkyl halides is 3. The molecule has 1 aliphatic heterocycles. The molecule has 1 aromatic heterocycles. The Hall–Kier alpha value is -2.35. The first-order valence-corrected chi connectivity index (χ1v) is 11.9. The number of fused-ring (bicyclic) bond motifs is 1. The van der Waals surface area contributed by atoms with Crippen LogP contribution in [0, 0.1) is 6.92 Å². The summed E-state index contributed by atoms with van der Waals surface area (Å²) >= 11 is 7.83. The number of thiophene rings is 1. The molecule has 3 aromatic rings. The molecule has 1 amide bonds. The number of nitrogens with one attached hydrogen (secondary N) is 1. The normalized spacial score (nSPS) is 16.5. The molecule has 3 nitrogen and oxygen atoms in total. The fraction of sp³-hybridized carbons (Fsp3) is 0.320. The summed E-state index contributed by atoms with van der Waals surface area (Å²) in [7, 11) is 0. The van der Waals surface area contributed by atoms with Crippen molar-refractivity contribution < 1.29 is 18.0 Å². The highest BCUT2D eigenvalue weighted by Crippen LogP contribution is 2.42. The Balaban J connectivity index is 1.61. The highest BCUT2D eigenvalue weighted by atomic mass is 35.5. The Kier molecular flexibility index (Phi) is 6.84. The second kappa shape index (κ2) is 9.49. The van der Waals surface area contributed by atoms with Crippen LogP contribution in [0.4, 0.5) is 18.9 Å². The zero-order chi connectivity index (χ0) is 23.8. The van der Waals surface area contributed by atoms with Crippen LogP contribution < -0.4 is 5.32 Å². The highest BCUT2D eigenvalue weighted by molar-refractivity contribution is 7.12. The number of amides is 1. The van der Waals surface area contributed by atoms with E-state index >= 15 is 0 Å². The smallest absolute Gasteiger partial charge is 0.324 e. The van der Waals surface area contributed by atoms with Gasteiger partial charge in [-0.05, 0) is 54.7 Å². The number of benzene rings is 2. The molecule has 174 valence electrons. The van der Waals surface area contributed by atoms with Gasteiger partial charge in [0, 0.05) is 16.3 Å². The van der Waals surface area contributed by atoms with Crippen LogP contribution in [0.2, 0.25) is 5.02 Å². The molecule has 4 rings (SSSR count). The Morgan fingerprint density at radius 2 is 1.94 bits per heavy atom. The van der Waals surface area contributed by atoms with Crippen molar-refractivity contribution in [1.82, 2.24) is 4.90 Å². The summed E-state index contributed by atoms with van der Waals surface area (Å²) in [5, 5.41) is 2.65. The first-order chi connectivity index (χ1) is 15.7. The van der Waals surface area contributed by atoms with E-state index in [2.05, 4.69) is 36.2 Å². The summed E-state index contributed by atoms with van der Waals surface area (Å²) in [6, 6.07) is 12.9. The molecular weight excluding hydrogens is 469 g/mol. The average molecular weight is 493 g/mol. The lowest BCUT2D eigenvalue weighted by Gasteiger charge is -2.36. The third-order valence-electron chi connectivity index (χ3n) is 6.00. The monoisotopic (exact) mass is 492 g/mol. The summed E-state index contributed by atoms with van der Waals surface area (Å²) in [5.41, 5.74) is 2.95. The lowest BCUT2D eigenvalue weighted by molar-refractivity contribution is -0.137. The maximum Gasteiger partial charge on any atom is 0.416 e. The Labute approximate surface area is 200 Å². The van der Waals surface area contributed by atoms with Crippen molar-refractivity contribution in [3.05, 3.63) is 85.6 Å². The van der Waals surface area contributed by atoms with Gasteiger partial charge in [-0.25, -0.2) is 0 Å². The molecule has 0 bridgehead atoms. The van der Waals surface area contributed by atoms with E-state index in [1.807, 2.05) is 18.2 Å². The van der Waals surface area contributed by atoms with E-state index in [1.54, 1.807) is 11.3 Å². The van der Waals surface area contributed by atoms with Gasteiger partial charge in [-0.2, -0.15) is 13.2 Å². The molecule has 2 heterocycles. The number of halogens is 4. The number of aryl methyl sites for hydroxylation is 1. The van der Waals surface area contributed by atoms with Crippen LogP contribution >= 0.6 is 22.9 Å². The maximum absolute atomic E-state index is 13.1. The van der Waals surface area contributed by atoms with Crippen LogP contribution in [-0.2, 0) is 23.8 Å². The molecule has 2 aromatic carbocycles. The number of carbonyl (C=O) groups excluding carboxylic acids is 1. The minimum atomic E-state index is -4.51. The van der Waals surface area contributed by atoms with Crippen molar-refractivity contribution in [2.24, 2.45) is 0 Å². The Morgan fingerprint density at radius 1 is 1.21 bits per heavy atom. The quantitative estimate of drug-likeness (QED) is 0.421. The predicted octanol–water partition coefficient (Wildman–Crippen LogP) is 6.88. The topological polar surface area (TPSA) is 32.3 Å². The van der Waals surface area contributed by atoms with Crippen molar-refractivity contribution in [3.8, 4) is 0 Å². The number of nitrogens with zero attached hydrogens (tertiary/aromatic N) is 1. The molecule has 0 spiro atoms. The number of anilines is 1. The van der Waals surface area contributed by atoms with Gasteiger partial charge in [0.15, 0.2) is 0 Å². The van der Waals surface area contributed by atoms with E-state index in [4.69, 9.17) is 11.6 Å². The summed E-state index contributed by atoms with van der Waals surface area (Å²) < 4.78 is 39.3. The minimum absolute atomic E-state index is 0.0364. The molecule has 33 heavy (non-hydrogen) atoms. The fourth-order valence-corrected chi connectivity index (χ4v) is 6.13. The van der Waals surface area contributed by atoms with Crippen LogP contribution in [0.25, 0.3) is 0 Å². The third-order valence-corrected chi connectivity index (χ3v) is 7.57. The average Bonchev–Trinajstić information content (AvgIpc) is 3.09. The molecular formula is C25H24ClF3N2OS. The second-order valence-electron chi connectivity index (χ2n) is 8.11. The molecule has 0 radical (unpaired) electrons. The molecule has 0 saturated carbocycles. The van der Waals surface area contributed by atoms with Crippen LogP contribution in [0.15, 0.2) is 48.5 Å². The van der Waals surface area contributed by atoms with Gasteiger partial charge < -0.3 is 5.32 Å². The molecule has 8 heteroatoms. The van der Waals surface area contributed by atoms with Crippen molar-refractivity contribution >= 4 is 34.5 Å². The van der Waals surface area contributed by atoms with Gasteiger partial charge in [-0.1, -0.05) is 48.9 Å². The van der Waals surface area contributed by atoms with E-state index in [-0.39, 0.29) is 23.3 Å². The second-order valence-corrected chi connectivity index (χ2v) is 9.77. The molecule has 0 fully saturated rings. The van der Waals surface area contributed by atoms with Gasteiger partial charge in [0.1, 0.15) is 0 Å². The summed E-state index contributed by atoms with van der Waals surface area (Å²) in [4.78, 5) is 17.5. The Bertz CT molecular complexity index is 1160. The summed E-state index contributed by atoms with van der Waals surface area (Å²) in [5.74, 6) is -0.399. The maximum atomic E-state index is 13.1. The zero-order valence-electron chi connectivity index (χ0n) is 18.3. The summed E-state index contributed by atoms with van der Waals surface area (Å²) in [6.07, 6.45) is -2.71. The number of rotatable bonds is 5. The lowest BCUT2D eigenvalue weighted by Crippen LogP contribution is -2.40. The van der Waals surface area contributed by atoms with E-state index in [9.17, 15) is 18.0 Å². The molecule has 1 N–H and O–H groups in total. The largest absolute Gasteiger partial charge is 0.416 e. The standard InChI is InChI=1S/C25H24ClF3N2OS/c1-3-18-15(2)33-24-19(18)11-12-31(23(24)16-7-5-4-6-8-16)14-22(32)30-21-13-17(25(27,28)29)9-10-20(21)26/h4-10,13,23H,3,11-12,14H2,1-2H3,(H,30,32)/t23-/m0/s1. The molecule has 1 aliphatic rings. The summed E-state index contributed by atoms with van der Waals surface area (Å²) in [6.45, 7) is 5.02. The Morgan fingerprint density at radius 3 is 2.61 bits per heavy atom. The first kappa shape index (κ1) is 23.8. The van der Waals surface area contributed by atoms with Gasteiger partial charge in [0.25, 0.3) is 0 Å². The van der Waals surface area contributed by atoms with Crippen molar-refractivity contribution in [2.45, 2.75) is 38.9 Å². The first-order valence-electron chi connectivity index (χ1n) is 10.8. The van der Waals surface area contributed by atoms with E-state index in [0.29, 0.717) is 6.54 Å². The molecule has 0 unspecified atom stereocenters. The number of hydrogen-bond donors (Lipinski definition) is 1. The molecule has 0 aliphatic carbocycles. The minimum Gasteiger partial charge on any atom is -0.324 e. The van der Waals surface area contributed by atoms with Crippen LogP contribution in [0.1, 0.15) is 45.0 Å². The van der Waals surface area contributed by atoms with E-state index < -0.39 is 17.6 Å². The predicted molar refractivity (Wildman–Crippen MR) is 127 cm³/mol. The van der Waals surface area contributed by atoms with Gasteiger partial charge in [-0.15, -0.1) is 11.3 Å². The van der Waals surface area contributed by atoms with Crippen LogP contribution in [0.5, 0.6) is 0 Å². The van der Waals surface area contributed by atoms with E-state index in [1.165, 1.54) is 20.9 Å². The van der Waals surface area contributed by atoms with Crippen LogP contribution in [-0.4, -0.2) is 23.9 Å². The number of carbonyl (C=O) groups is 1. The van der Waals surface area contributed by atoms with Crippen molar-refractivity contribution in [1.29, 1.82) is 0 Å². The lowest BCUT2D eigenvalue weighted by atomic mass is 9.91. The fourth-order valence-electron chi connectivity index (χ4n) is 4.50. The highest BCUT2D eigenvalue weighted by Gasteiger charge is 2.34. The zero-order valence-corrected chi connectivity index (χ0v) is 19.9. The van der Waals surface area contributed by atoms with Gasteiger partial charge in [-0.3, -0.25) is 9.69 Å². The number of hydrogen-bond acceptors (Lipinski definition) is 3. The molecule has 0 saturated heterocycles. The van der Waals surface area contributed by atoms with Crippen LogP contribution in [0.3, 0.4) is 0 Å². The SMILES string of the molecule is CCc1c(C)sc2c1CCN(CC(=O)Nc1cc(C(F)(F)F)ccc1Cl)[C@H]2c1ccccc1. The van der Waals surface area contributed by atoms with Crippen molar-refractivity contribution in [2.75, 3.05) is 18.4 Å². The molecule has 1 atom stereocenters. The van der Waals surface area contributed by atoms with Gasteiger partial charge in [0.05, 0.1) is 28.9 Å². The van der Waals surface area contributed by atoms with Gasteiger partial charge >= 0.3 is 6.18 Å². The van der Waals surface area contributed by atoms with Crippen molar-refractivity contribution in [3.63, 3.8) is 0 Å². The third kappa shape index (κ3) is 4.95.